The smallest absolute Gasteiger partial charge is 0.253 e. The largest absolute Gasteiger partial charge is 0.375 e. The second kappa shape index (κ2) is 5.05. The fourth-order valence-electron chi connectivity index (χ4n) is 2.09. The maximum absolute atomic E-state index is 12.8. The number of anilines is 1. The number of piperidine rings is 1. The summed E-state index contributed by atoms with van der Waals surface area (Å²) in [6.07, 6.45) is 1.90. The van der Waals surface area contributed by atoms with Crippen molar-refractivity contribution in [2.75, 3.05) is 12.3 Å². The summed E-state index contributed by atoms with van der Waals surface area (Å²) in [4.78, 5) is 6.75. The van der Waals surface area contributed by atoms with E-state index in [4.69, 9.17) is 5.73 Å². The Labute approximate surface area is 97.3 Å². The fourth-order valence-corrected chi connectivity index (χ4v) is 2.80. The summed E-state index contributed by atoms with van der Waals surface area (Å²) >= 11 is 1.38. The van der Waals surface area contributed by atoms with Crippen LogP contribution < -0.4 is 5.73 Å². The molecule has 16 heavy (non-hydrogen) atoms. The van der Waals surface area contributed by atoms with Gasteiger partial charge in [0.2, 0.25) is 0 Å². The van der Waals surface area contributed by atoms with Gasteiger partial charge in [0.15, 0.2) is 5.13 Å². The van der Waals surface area contributed by atoms with Gasteiger partial charge in [-0.25, -0.2) is 13.8 Å². The van der Waals surface area contributed by atoms with Crippen LogP contribution in [0.2, 0.25) is 0 Å². The number of halogens is 2. The third-order valence-corrected chi connectivity index (χ3v) is 3.70. The molecule has 1 unspecified atom stereocenters. The first-order chi connectivity index (χ1) is 7.66. The number of nitrogen functional groups attached to an aromatic ring is 1. The highest BCUT2D eigenvalue weighted by atomic mass is 32.1. The van der Waals surface area contributed by atoms with E-state index in [1.54, 1.807) is 6.20 Å². The third-order valence-electron chi connectivity index (χ3n) is 2.89. The predicted molar refractivity (Wildman–Crippen MR) is 60.6 cm³/mol. The number of thiazole rings is 1. The highest BCUT2D eigenvalue weighted by Gasteiger charge is 2.30. The van der Waals surface area contributed by atoms with E-state index >= 15 is 0 Å². The number of likely N-dealkylation sites (tertiary alicyclic amines) is 1. The molecule has 0 aromatic carbocycles. The van der Waals surface area contributed by atoms with Crippen LogP contribution in [0.25, 0.3) is 0 Å². The highest BCUT2D eigenvalue weighted by molar-refractivity contribution is 7.15. The summed E-state index contributed by atoms with van der Waals surface area (Å²) in [6.45, 7) is 1.29. The minimum absolute atomic E-state index is 0.501. The number of hydrogen-bond acceptors (Lipinski definition) is 4. The first-order valence-corrected chi connectivity index (χ1v) is 6.21. The Kier molecular flexibility index (Phi) is 3.70. The van der Waals surface area contributed by atoms with Crippen LogP contribution >= 0.6 is 11.3 Å². The molecule has 0 bridgehead atoms. The number of aromatic nitrogens is 1. The highest BCUT2D eigenvalue weighted by Crippen LogP contribution is 2.26. The Bertz CT molecular complexity index is 343. The van der Waals surface area contributed by atoms with Crippen LogP contribution in [0.1, 0.15) is 24.1 Å². The van der Waals surface area contributed by atoms with E-state index in [1.165, 1.54) is 11.3 Å². The van der Waals surface area contributed by atoms with E-state index in [1.807, 2.05) is 4.90 Å². The molecule has 1 aromatic heterocycles. The van der Waals surface area contributed by atoms with E-state index in [2.05, 4.69) is 4.98 Å². The lowest BCUT2D eigenvalue weighted by molar-refractivity contribution is 0.000627. The first kappa shape index (κ1) is 11.7. The molecular formula is C10H15F2N3S. The second-order valence-electron chi connectivity index (χ2n) is 4.03. The van der Waals surface area contributed by atoms with Crippen molar-refractivity contribution in [2.24, 2.45) is 0 Å². The molecule has 0 radical (unpaired) electrons. The molecule has 1 fully saturated rings. The standard InChI is InChI=1S/C10H15F2N3S/c11-9(12)8-3-1-2-4-15(8)6-7-5-14-10(13)16-7/h5,8-9H,1-4,6H2,(H2,13,14). The molecule has 2 rings (SSSR count). The number of hydrogen-bond donors (Lipinski definition) is 1. The molecule has 0 saturated carbocycles. The number of alkyl halides is 2. The van der Waals surface area contributed by atoms with E-state index in [-0.39, 0.29) is 0 Å². The lowest BCUT2D eigenvalue weighted by atomic mass is 10.0. The van der Waals surface area contributed by atoms with Crippen LogP contribution in [-0.4, -0.2) is 28.9 Å². The zero-order chi connectivity index (χ0) is 11.5. The third kappa shape index (κ3) is 2.68. The van der Waals surface area contributed by atoms with Gasteiger partial charge in [0.1, 0.15) is 0 Å². The summed E-state index contributed by atoms with van der Waals surface area (Å²) in [5.41, 5.74) is 5.52. The molecule has 1 atom stereocenters. The summed E-state index contributed by atoms with van der Waals surface area (Å²) < 4.78 is 25.6. The lowest BCUT2D eigenvalue weighted by Crippen LogP contribution is -2.43. The minimum atomic E-state index is -2.26. The molecule has 2 heterocycles. The quantitative estimate of drug-likeness (QED) is 0.891. The summed E-state index contributed by atoms with van der Waals surface area (Å²) in [5.74, 6) is 0. The van der Waals surface area contributed by atoms with Gasteiger partial charge in [-0.05, 0) is 19.4 Å². The van der Waals surface area contributed by atoms with Gasteiger partial charge >= 0.3 is 0 Å². The first-order valence-electron chi connectivity index (χ1n) is 5.39. The van der Waals surface area contributed by atoms with Gasteiger partial charge in [-0.15, -0.1) is 11.3 Å². The minimum Gasteiger partial charge on any atom is -0.375 e. The van der Waals surface area contributed by atoms with E-state index in [0.717, 1.165) is 24.3 Å². The Hall–Kier alpha value is -0.750. The van der Waals surface area contributed by atoms with Gasteiger partial charge < -0.3 is 5.73 Å². The number of nitrogens with two attached hydrogens (primary N) is 1. The average molecular weight is 247 g/mol. The molecule has 1 saturated heterocycles. The van der Waals surface area contributed by atoms with Crippen LogP contribution in [-0.2, 0) is 6.54 Å². The van der Waals surface area contributed by atoms with Crippen molar-refractivity contribution in [1.29, 1.82) is 0 Å². The molecule has 0 spiro atoms. The second-order valence-corrected chi connectivity index (χ2v) is 5.18. The van der Waals surface area contributed by atoms with Gasteiger partial charge in [0.25, 0.3) is 6.43 Å². The van der Waals surface area contributed by atoms with Crippen molar-refractivity contribution in [3.63, 3.8) is 0 Å². The lowest BCUT2D eigenvalue weighted by Gasteiger charge is -2.34. The van der Waals surface area contributed by atoms with Gasteiger partial charge in [-0.2, -0.15) is 0 Å². The molecule has 3 nitrogen and oxygen atoms in total. The maximum atomic E-state index is 12.8. The van der Waals surface area contributed by atoms with Crippen LogP contribution in [0, 0.1) is 0 Å². The monoisotopic (exact) mass is 247 g/mol. The van der Waals surface area contributed by atoms with Gasteiger partial charge in [-0.3, -0.25) is 4.90 Å². The number of rotatable bonds is 3. The average Bonchev–Trinajstić information content (AvgIpc) is 2.64. The Morgan fingerprint density at radius 3 is 3.00 bits per heavy atom. The molecular weight excluding hydrogens is 232 g/mol. The number of nitrogens with zero attached hydrogens (tertiary/aromatic N) is 2. The SMILES string of the molecule is Nc1ncc(CN2CCCCC2C(F)F)s1. The fraction of sp³-hybridized carbons (Fsp3) is 0.700. The maximum Gasteiger partial charge on any atom is 0.253 e. The summed E-state index contributed by atoms with van der Waals surface area (Å²) in [5, 5.41) is 0.501. The molecule has 1 aliphatic heterocycles. The molecule has 6 heteroatoms. The predicted octanol–water partition coefficient (Wildman–Crippen LogP) is 2.34. The molecule has 0 amide bonds. The van der Waals surface area contributed by atoms with Crippen molar-refractivity contribution >= 4 is 16.5 Å². The molecule has 0 aliphatic carbocycles. The van der Waals surface area contributed by atoms with Gasteiger partial charge in [0, 0.05) is 17.6 Å². The summed E-state index contributed by atoms with van der Waals surface area (Å²) in [6, 6.07) is -0.600. The topological polar surface area (TPSA) is 42.1 Å². The Morgan fingerprint density at radius 1 is 1.56 bits per heavy atom. The van der Waals surface area contributed by atoms with Crippen molar-refractivity contribution in [1.82, 2.24) is 9.88 Å². The van der Waals surface area contributed by atoms with Crippen molar-refractivity contribution in [2.45, 2.75) is 38.3 Å². The van der Waals surface area contributed by atoms with E-state index in [0.29, 0.717) is 18.1 Å². The van der Waals surface area contributed by atoms with Crippen LogP contribution in [0.5, 0.6) is 0 Å². The van der Waals surface area contributed by atoms with E-state index in [9.17, 15) is 8.78 Å². The Balaban J connectivity index is 2.01. The van der Waals surface area contributed by atoms with Crippen LogP contribution in [0.4, 0.5) is 13.9 Å². The Morgan fingerprint density at radius 2 is 2.38 bits per heavy atom. The summed E-state index contributed by atoms with van der Waals surface area (Å²) in [7, 11) is 0. The molecule has 1 aromatic rings. The van der Waals surface area contributed by atoms with Crippen LogP contribution in [0.3, 0.4) is 0 Å². The van der Waals surface area contributed by atoms with E-state index < -0.39 is 12.5 Å². The van der Waals surface area contributed by atoms with Crippen molar-refractivity contribution < 1.29 is 8.78 Å². The van der Waals surface area contributed by atoms with Crippen molar-refractivity contribution in [3.8, 4) is 0 Å². The molecule has 2 N–H and O–H groups in total. The zero-order valence-electron chi connectivity index (χ0n) is 8.90. The zero-order valence-corrected chi connectivity index (χ0v) is 9.72. The molecule has 1 aliphatic rings. The van der Waals surface area contributed by atoms with Gasteiger partial charge in [-0.1, -0.05) is 6.42 Å². The van der Waals surface area contributed by atoms with Gasteiger partial charge in [0.05, 0.1) is 6.04 Å². The van der Waals surface area contributed by atoms with Crippen LogP contribution in [0.15, 0.2) is 6.20 Å². The van der Waals surface area contributed by atoms with Crippen molar-refractivity contribution in [3.05, 3.63) is 11.1 Å². The normalized spacial score (nSPS) is 22.8. The molecule has 90 valence electrons.